The van der Waals surface area contributed by atoms with Gasteiger partial charge in [0, 0.05) is 12.2 Å². The van der Waals surface area contributed by atoms with E-state index in [0.717, 1.165) is 23.4 Å². The van der Waals surface area contributed by atoms with Gasteiger partial charge in [-0.2, -0.15) is 0 Å². The van der Waals surface area contributed by atoms with Gasteiger partial charge in [0.25, 0.3) is 0 Å². The molecule has 0 spiro atoms. The molecule has 3 aromatic rings. The lowest BCUT2D eigenvalue weighted by Gasteiger charge is -2.10. The second kappa shape index (κ2) is 7.30. The number of halogens is 3. The first kappa shape index (κ1) is 16.9. The summed E-state index contributed by atoms with van der Waals surface area (Å²) in [7, 11) is 0. The molecule has 0 aliphatic heterocycles. The maximum Gasteiger partial charge on any atom is 0.573 e. The van der Waals surface area contributed by atoms with Gasteiger partial charge in [-0.1, -0.05) is 54.6 Å². The van der Waals surface area contributed by atoms with Crippen molar-refractivity contribution < 1.29 is 17.9 Å². The van der Waals surface area contributed by atoms with Crippen LogP contribution in [-0.2, 0) is 6.54 Å². The molecule has 0 heterocycles. The highest BCUT2D eigenvalue weighted by molar-refractivity contribution is 5.66. The minimum atomic E-state index is -4.67. The summed E-state index contributed by atoms with van der Waals surface area (Å²) in [6.07, 6.45) is -4.67. The van der Waals surface area contributed by atoms with Crippen LogP contribution in [0.15, 0.2) is 78.9 Å². The minimum absolute atomic E-state index is 0.225. The minimum Gasteiger partial charge on any atom is -0.406 e. The molecule has 0 bridgehead atoms. The van der Waals surface area contributed by atoms with E-state index >= 15 is 0 Å². The third-order valence-corrected chi connectivity index (χ3v) is 3.65. The predicted molar refractivity (Wildman–Crippen MR) is 92.3 cm³/mol. The molecule has 1 N–H and O–H groups in total. The first-order valence-electron chi connectivity index (χ1n) is 7.74. The van der Waals surface area contributed by atoms with Crippen LogP contribution in [0.5, 0.6) is 5.75 Å². The lowest BCUT2D eigenvalue weighted by atomic mass is 10.1. The Labute approximate surface area is 143 Å². The highest BCUT2D eigenvalue weighted by Crippen LogP contribution is 2.27. The van der Waals surface area contributed by atoms with Gasteiger partial charge in [0.1, 0.15) is 5.75 Å². The van der Waals surface area contributed by atoms with Gasteiger partial charge in [0.2, 0.25) is 0 Å². The number of rotatable bonds is 5. The summed E-state index contributed by atoms with van der Waals surface area (Å²) in [4.78, 5) is 0. The average Bonchev–Trinajstić information content (AvgIpc) is 2.61. The Hall–Kier alpha value is -2.95. The van der Waals surface area contributed by atoms with E-state index < -0.39 is 6.36 Å². The molecule has 25 heavy (non-hydrogen) atoms. The SMILES string of the molecule is FC(F)(F)Oc1ccc(-c2ccc(NCc3ccccc3)cc2)cc1. The van der Waals surface area contributed by atoms with Crippen molar-refractivity contribution in [3.63, 3.8) is 0 Å². The number of benzene rings is 3. The Morgan fingerprint density at radius 2 is 1.28 bits per heavy atom. The van der Waals surface area contributed by atoms with Crippen LogP contribution in [0.1, 0.15) is 5.56 Å². The molecule has 0 aliphatic carbocycles. The molecule has 3 aromatic carbocycles. The van der Waals surface area contributed by atoms with E-state index in [1.165, 1.54) is 17.7 Å². The maximum absolute atomic E-state index is 12.2. The van der Waals surface area contributed by atoms with Crippen LogP contribution in [0.4, 0.5) is 18.9 Å². The normalized spacial score (nSPS) is 11.2. The number of anilines is 1. The lowest BCUT2D eigenvalue weighted by molar-refractivity contribution is -0.274. The summed E-state index contributed by atoms with van der Waals surface area (Å²) in [5.74, 6) is -0.225. The van der Waals surface area contributed by atoms with Crippen LogP contribution in [0.2, 0.25) is 0 Å². The van der Waals surface area contributed by atoms with E-state index in [-0.39, 0.29) is 5.75 Å². The molecule has 0 fully saturated rings. The van der Waals surface area contributed by atoms with E-state index in [4.69, 9.17) is 0 Å². The highest BCUT2D eigenvalue weighted by atomic mass is 19.4. The largest absolute Gasteiger partial charge is 0.573 e. The van der Waals surface area contributed by atoms with Crippen LogP contribution in [0.25, 0.3) is 11.1 Å². The van der Waals surface area contributed by atoms with E-state index in [2.05, 4.69) is 10.1 Å². The zero-order valence-corrected chi connectivity index (χ0v) is 13.3. The summed E-state index contributed by atoms with van der Waals surface area (Å²) >= 11 is 0. The van der Waals surface area contributed by atoms with Crippen molar-refractivity contribution in [2.24, 2.45) is 0 Å². The fraction of sp³-hybridized carbons (Fsp3) is 0.100. The van der Waals surface area contributed by atoms with Crippen molar-refractivity contribution in [2.75, 3.05) is 5.32 Å². The van der Waals surface area contributed by atoms with Crippen molar-refractivity contribution in [1.29, 1.82) is 0 Å². The number of hydrogen-bond acceptors (Lipinski definition) is 2. The second-order valence-electron chi connectivity index (χ2n) is 5.49. The fourth-order valence-corrected chi connectivity index (χ4v) is 2.43. The molecule has 128 valence electrons. The Morgan fingerprint density at radius 1 is 0.720 bits per heavy atom. The molecule has 3 rings (SSSR count). The summed E-state index contributed by atoms with van der Waals surface area (Å²) in [6.45, 7) is 0.726. The van der Waals surface area contributed by atoms with Crippen LogP contribution in [0.3, 0.4) is 0 Å². The summed E-state index contributed by atoms with van der Waals surface area (Å²) in [6, 6.07) is 23.6. The van der Waals surface area contributed by atoms with Crippen molar-refractivity contribution in [3.8, 4) is 16.9 Å². The van der Waals surface area contributed by atoms with Crippen LogP contribution >= 0.6 is 0 Å². The smallest absolute Gasteiger partial charge is 0.406 e. The molecule has 0 saturated heterocycles. The molecule has 5 heteroatoms. The van der Waals surface area contributed by atoms with Crippen LogP contribution < -0.4 is 10.1 Å². The molecule has 0 atom stereocenters. The Bertz CT molecular complexity index is 797. The number of nitrogens with one attached hydrogen (secondary N) is 1. The molecule has 0 amide bonds. The zero-order chi connectivity index (χ0) is 17.7. The van der Waals surface area contributed by atoms with Gasteiger partial charge in [0.05, 0.1) is 0 Å². The second-order valence-corrected chi connectivity index (χ2v) is 5.49. The van der Waals surface area contributed by atoms with Crippen molar-refractivity contribution >= 4 is 5.69 Å². The van der Waals surface area contributed by atoms with E-state index in [0.29, 0.717) is 0 Å². The number of ether oxygens (including phenoxy) is 1. The molecule has 0 radical (unpaired) electrons. The van der Waals surface area contributed by atoms with E-state index in [9.17, 15) is 13.2 Å². The monoisotopic (exact) mass is 343 g/mol. The summed E-state index contributed by atoms with van der Waals surface area (Å²) in [5.41, 5.74) is 3.91. The molecule has 0 unspecified atom stereocenters. The van der Waals surface area contributed by atoms with Gasteiger partial charge >= 0.3 is 6.36 Å². The van der Waals surface area contributed by atoms with Gasteiger partial charge in [-0.15, -0.1) is 13.2 Å². The maximum atomic E-state index is 12.2. The van der Waals surface area contributed by atoms with Gasteiger partial charge in [-0.05, 0) is 41.0 Å². The molecule has 0 aliphatic rings. The first-order valence-corrected chi connectivity index (χ1v) is 7.74. The topological polar surface area (TPSA) is 21.3 Å². The van der Waals surface area contributed by atoms with Crippen molar-refractivity contribution in [3.05, 3.63) is 84.4 Å². The molecule has 0 aromatic heterocycles. The third-order valence-electron chi connectivity index (χ3n) is 3.65. The molecule has 0 saturated carbocycles. The van der Waals surface area contributed by atoms with E-state index in [1.54, 1.807) is 12.1 Å². The third kappa shape index (κ3) is 5.01. The number of hydrogen-bond donors (Lipinski definition) is 1. The van der Waals surface area contributed by atoms with Gasteiger partial charge in [-0.25, -0.2) is 0 Å². The average molecular weight is 343 g/mol. The predicted octanol–water partition coefficient (Wildman–Crippen LogP) is 5.86. The molecular weight excluding hydrogens is 327 g/mol. The molecular formula is C20H16F3NO. The van der Waals surface area contributed by atoms with E-state index in [1.807, 2.05) is 54.6 Å². The summed E-state index contributed by atoms with van der Waals surface area (Å²) in [5, 5.41) is 3.33. The van der Waals surface area contributed by atoms with Crippen molar-refractivity contribution in [1.82, 2.24) is 0 Å². The quantitative estimate of drug-likeness (QED) is 0.626. The van der Waals surface area contributed by atoms with Gasteiger partial charge in [-0.3, -0.25) is 0 Å². The Balaban J connectivity index is 1.64. The molecule has 2 nitrogen and oxygen atoms in total. The number of alkyl halides is 3. The van der Waals surface area contributed by atoms with Crippen LogP contribution in [-0.4, -0.2) is 6.36 Å². The zero-order valence-electron chi connectivity index (χ0n) is 13.3. The first-order chi connectivity index (χ1) is 12.0. The highest BCUT2D eigenvalue weighted by Gasteiger charge is 2.30. The van der Waals surface area contributed by atoms with Gasteiger partial charge in [0.15, 0.2) is 0 Å². The van der Waals surface area contributed by atoms with Crippen molar-refractivity contribution in [2.45, 2.75) is 12.9 Å². The Kier molecular flexibility index (Phi) is 4.93. The fourth-order valence-electron chi connectivity index (χ4n) is 2.43. The summed E-state index contributed by atoms with van der Waals surface area (Å²) < 4.78 is 40.4. The standard InChI is InChI=1S/C20H16F3NO/c21-20(22,23)25-19-12-8-17(9-13-19)16-6-10-18(11-7-16)24-14-15-4-2-1-3-5-15/h1-13,24H,14H2. The Morgan fingerprint density at radius 3 is 1.84 bits per heavy atom. The van der Waals surface area contributed by atoms with Crippen LogP contribution in [0, 0.1) is 0 Å². The lowest BCUT2D eigenvalue weighted by Crippen LogP contribution is -2.16. The van der Waals surface area contributed by atoms with Gasteiger partial charge < -0.3 is 10.1 Å².